The summed E-state index contributed by atoms with van der Waals surface area (Å²) >= 11 is 1.59. The number of hydrogen-bond donors (Lipinski definition) is 1. The Morgan fingerprint density at radius 2 is 1.79 bits per heavy atom. The zero-order valence-corrected chi connectivity index (χ0v) is 11.7. The van der Waals surface area contributed by atoms with Crippen LogP contribution in [0.15, 0.2) is 0 Å². The van der Waals surface area contributed by atoms with E-state index in [0.717, 1.165) is 27.6 Å². The molecule has 3 nitrogen and oxygen atoms in total. The average Bonchev–Trinajstić information content (AvgIpc) is 2.70. The lowest BCUT2D eigenvalue weighted by molar-refractivity contribution is -0.00448. The fourth-order valence-electron chi connectivity index (χ4n) is 5.23. The van der Waals surface area contributed by atoms with E-state index in [4.69, 9.17) is 5.26 Å². The monoisotopic (exact) mass is 274 g/mol. The number of thiazole rings is 1. The first kappa shape index (κ1) is 11.7. The fourth-order valence-corrected chi connectivity index (χ4v) is 6.34. The van der Waals surface area contributed by atoms with Crippen LogP contribution in [0.5, 0.6) is 5.88 Å². The minimum Gasteiger partial charge on any atom is -0.492 e. The molecule has 0 amide bonds. The third kappa shape index (κ3) is 1.71. The quantitative estimate of drug-likeness (QED) is 0.899. The van der Waals surface area contributed by atoms with Gasteiger partial charge in [-0.05, 0) is 56.3 Å². The zero-order valence-electron chi connectivity index (χ0n) is 10.9. The minimum absolute atomic E-state index is 0.199. The molecule has 100 valence electrons. The number of hydrogen-bond acceptors (Lipinski definition) is 4. The molecule has 0 saturated heterocycles. The summed E-state index contributed by atoms with van der Waals surface area (Å²) in [6.07, 6.45) is 8.25. The number of nitrogens with zero attached hydrogens (tertiary/aromatic N) is 2. The third-order valence-corrected chi connectivity index (χ3v) is 6.69. The van der Waals surface area contributed by atoms with Gasteiger partial charge in [0.1, 0.15) is 5.01 Å². The second-order valence-electron chi connectivity index (χ2n) is 6.79. The van der Waals surface area contributed by atoms with Crippen LogP contribution in [0.3, 0.4) is 0 Å². The molecule has 0 atom stereocenters. The first-order valence-electron chi connectivity index (χ1n) is 7.24. The Hall–Kier alpha value is -1.08. The second kappa shape index (κ2) is 3.96. The van der Waals surface area contributed by atoms with Crippen molar-refractivity contribution in [2.24, 2.45) is 17.8 Å². The van der Waals surface area contributed by atoms with Gasteiger partial charge in [-0.3, -0.25) is 0 Å². The summed E-state index contributed by atoms with van der Waals surface area (Å²) in [7, 11) is 0. The van der Waals surface area contributed by atoms with Crippen LogP contribution in [0.2, 0.25) is 0 Å². The molecule has 4 saturated carbocycles. The molecule has 1 N–H and O–H groups in total. The molecule has 0 radical (unpaired) electrons. The summed E-state index contributed by atoms with van der Waals surface area (Å²) in [6, 6.07) is 2.14. The van der Waals surface area contributed by atoms with Gasteiger partial charge >= 0.3 is 0 Å². The number of aromatic hydroxyl groups is 1. The molecular weight excluding hydrogens is 256 g/mol. The topological polar surface area (TPSA) is 56.9 Å². The van der Waals surface area contributed by atoms with E-state index in [9.17, 15) is 5.11 Å². The summed E-state index contributed by atoms with van der Waals surface area (Å²) in [5.41, 5.74) is 0.199. The van der Waals surface area contributed by atoms with E-state index < -0.39 is 0 Å². The maximum Gasteiger partial charge on any atom is 0.226 e. The molecule has 19 heavy (non-hydrogen) atoms. The van der Waals surface area contributed by atoms with Crippen LogP contribution in [0, 0.1) is 29.1 Å². The van der Waals surface area contributed by atoms with Crippen molar-refractivity contribution in [2.45, 2.75) is 50.4 Å². The standard InChI is InChI=1S/C15H18N2OS/c16-2-1-12-17-14(18)13(19-12)15-6-9-3-10(7-15)5-11(4-9)8-15/h9-11,18H,1,3-8H2. The number of rotatable bonds is 2. The lowest BCUT2D eigenvalue weighted by atomic mass is 9.49. The van der Waals surface area contributed by atoms with Crippen molar-refractivity contribution in [3.05, 3.63) is 9.88 Å². The molecule has 4 aliphatic rings. The molecule has 4 bridgehead atoms. The molecule has 0 aromatic carbocycles. The summed E-state index contributed by atoms with van der Waals surface area (Å²) in [5, 5.41) is 19.8. The van der Waals surface area contributed by atoms with Gasteiger partial charge in [0.25, 0.3) is 0 Å². The summed E-state index contributed by atoms with van der Waals surface area (Å²) in [6.45, 7) is 0. The maximum atomic E-state index is 10.2. The smallest absolute Gasteiger partial charge is 0.226 e. The second-order valence-corrected chi connectivity index (χ2v) is 7.88. The van der Waals surface area contributed by atoms with Crippen molar-refractivity contribution in [2.75, 3.05) is 0 Å². The molecule has 0 spiro atoms. The van der Waals surface area contributed by atoms with Gasteiger partial charge in [-0.25, -0.2) is 4.98 Å². The largest absolute Gasteiger partial charge is 0.492 e. The molecule has 4 heteroatoms. The van der Waals surface area contributed by atoms with Crippen molar-refractivity contribution in [3.63, 3.8) is 0 Å². The molecule has 1 aromatic rings. The molecule has 1 aromatic heterocycles. The Bertz CT molecular complexity index is 522. The molecular formula is C15H18N2OS. The Kier molecular flexibility index (Phi) is 2.44. The third-order valence-electron chi connectivity index (χ3n) is 5.40. The van der Waals surface area contributed by atoms with Crippen LogP contribution in [0.1, 0.15) is 48.4 Å². The summed E-state index contributed by atoms with van der Waals surface area (Å²) < 4.78 is 0. The van der Waals surface area contributed by atoms with Crippen LogP contribution in [-0.4, -0.2) is 10.1 Å². The van der Waals surface area contributed by atoms with Crippen LogP contribution in [0.4, 0.5) is 0 Å². The average molecular weight is 274 g/mol. The van der Waals surface area contributed by atoms with Gasteiger partial charge in [0.05, 0.1) is 17.4 Å². The lowest BCUT2D eigenvalue weighted by Crippen LogP contribution is -2.48. The summed E-state index contributed by atoms with van der Waals surface area (Å²) in [4.78, 5) is 5.30. The molecule has 5 rings (SSSR count). The van der Waals surface area contributed by atoms with E-state index in [-0.39, 0.29) is 11.3 Å². The Labute approximate surface area is 117 Å². The number of nitriles is 1. The van der Waals surface area contributed by atoms with Gasteiger partial charge in [-0.2, -0.15) is 5.26 Å². The van der Waals surface area contributed by atoms with Crippen molar-refractivity contribution >= 4 is 11.3 Å². The Balaban J connectivity index is 1.73. The maximum absolute atomic E-state index is 10.2. The van der Waals surface area contributed by atoms with Gasteiger partial charge in [-0.15, -0.1) is 11.3 Å². The normalized spacial score (nSPS) is 39.4. The molecule has 4 aliphatic carbocycles. The fraction of sp³-hybridized carbons (Fsp3) is 0.733. The van der Waals surface area contributed by atoms with Crippen molar-refractivity contribution in [1.29, 1.82) is 5.26 Å². The first-order chi connectivity index (χ1) is 9.18. The Morgan fingerprint density at radius 1 is 1.21 bits per heavy atom. The minimum atomic E-state index is 0.199. The molecule has 4 fully saturated rings. The van der Waals surface area contributed by atoms with E-state index >= 15 is 0 Å². The number of aromatic nitrogens is 1. The van der Waals surface area contributed by atoms with Gasteiger partial charge < -0.3 is 5.11 Å². The SMILES string of the molecule is N#CCc1nc(O)c(C23CC4CC(CC(C4)C2)C3)s1. The first-order valence-corrected chi connectivity index (χ1v) is 8.06. The zero-order chi connectivity index (χ0) is 13.0. The predicted molar refractivity (Wildman–Crippen MR) is 72.9 cm³/mol. The van der Waals surface area contributed by atoms with Crippen LogP contribution < -0.4 is 0 Å². The van der Waals surface area contributed by atoms with E-state index in [1.165, 1.54) is 38.5 Å². The van der Waals surface area contributed by atoms with Gasteiger partial charge in [0, 0.05) is 5.41 Å². The van der Waals surface area contributed by atoms with Crippen molar-refractivity contribution in [3.8, 4) is 11.9 Å². The summed E-state index contributed by atoms with van der Waals surface area (Å²) in [5.74, 6) is 2.82. The molecule has 0 unspecified atom stereocenters. The van der Waals surface area contributed by atoms with Gasteiger partial charge in [-0.1, -0.05) is 0 Å². The molecule has 0 aliphatic heterocycles. The van der Waals surface area contributed by atoms with Crippen molar-refractivity contribution in [1.82, 2.24) is 4.98 Å². The van der Waals surface area contributed by atoms with Crippen LogP contribution >= 0.6 is 11.3 Å². The van der Waals surface area contributed by atoms with Crippen molar-refractivity contribution < 1.29 is 5.11 Å². The van der Waals surface area contributed by atoms with E-state index in [2.05, 4.69) is 11.1 Å². The van der Waals surface area contributed by atoms with E-state index in [1.54, 1.807) is 11.3 Å². The highest BCUT2D eigenvalue weighted by atomic mass is 32.1. The predicted octanol–water partition coefficient (Wildman–Crippen LogP) is 3.38. The highest BCUT2D eigenvalue weighted by molar-refractivity contribution is 7.12. The van der Waals surface area contributed by atoms with Gasteiger partial charge in [0.2, 0.25) is 5.88 Å². The van der Waals surface area contributed by atoms with Gasteiger partial charge in [0.15, 0.2) is 0 Å². The highest BCUT2D eigenvalue weighted by Gasteiger charge is 2.53. The van der Waals surface area contributed by atoms with Crippen LogP contribution in [-0.2, 0) is 11.8 Å². The lowest BCUT2D eigenvalue weighted by Gasteiger charge is -2.56. The van der Waals surface area contributed by atoms with Crippen LogP contribution in [0.25, 0.3) is 0 Å². The van der Waals surface area contributed by atoms with E-state index in [0.29, 0.717) is 6.42 Å². The van der Waals surface area contributed by atoms with E-state index in [1.807, 2.05) is 0 Å². The molecule has 1 heterocycles. The Morgan fingerprint density at radius 3 is 2.32 bits per heavy atom. The highest BCUT2D eigenvalue weighted by Crippen LogP contribution is 2.62.